The van der Waals surface area contributed by atoms with Crippen LogP contribution < -0.4 is 0 Å². The first-order chi connectivity index (χ1) is 7.18. The Kier molecular flexibility index (Phi) is 5.68. The molecule has 0 aromatic carbocycles. The molecule has 0 radical (unpaired) electrons. The van der Waals surface area contributed by atoms with E-state index in [1.807, 2.05) is 32.0 Å². The predicted octanol–water partition coefficient (Wildman–Crippen LogP) is 1.96. The molecule has 4 heteroatoms. The molecule has 1 aromatic rings. The Labute approximate surface area is 94.9 Å². The Morgan fingerprint density at radius 1 is 1.47 bits per heavy atom. The van der Waals surface area contributed by atoms with Gasteiger partial charge in [0, 0.05) is 11.9 Å². The molecule has 0 saturated heterocycles. The Bertz CT molecular complexity index is 267. The van der Waals surface area contributed by atoms with Crippen LogP contribution in [-0.4, -0.2) is 34.7 Å². The van der Waals surface area contributed by atoms with Crippen molar-refractivity contribution in [3.8, 4) is 0 Å². The van der Waals surface area contributed by atoms with Crippen molar-refractivity contribution in [3.63, 3.8) is 0 Å². The zero-order valence-electron chi connectivity index (χ0n) is 9.09. The Balaban J connectivity index is 2.19. The highest BCUT2D eigenvalue weighted by Gasteiger charge is 2.06. The number of rotatable bonds is 6. The van der Waals surface area contributed by atoms with Crippen LogP contribution in [0.3, 0.4) is 0 Å². The first-order valence-electron chi connectivity index (χ1n) is 5.02. The van der Waals surface area contributed by atoms with E-state index in [2.05, 4.69) is 4.98 Å². The maximum absolute atomic E-state index is 9.59. The Hall–Kier alpha value is -0.580. The maximum Gasteiger partial charge on any atom is 0.0960 e. The van der Waals surface area contributed by atoms with Gasteiger partial charge in [0.1, 0.15) is 0 Å². The number of ether oxygens (including phenoxy) is 1. The van der Waals surface area contributed by atoms with E-state index in [4.69, 9.17) is 4.74 Å². The highest BCUT2D eigenvalue weighted by atomic mass is 32.2. The average Bonchev–Trinajstić information content (AvgIpc) is 2.25. The molecule has 1 heterocycles. The number of aromatic nitrogens is 1. The van der Waals surface area contributed by atoms with Gasteiger partial charge in [-0.3, -0.25) is 0 Å². The molecule has 15 heavy (non-hydrogen) atoms. The fourth-order valence-electron chi connectivity index (χ4n) is 0.966. The highest BCUT2D eigenvalue weighted by Crippen LogP contribution is 2.15. The van der Waals surface area contributed by atoms with Gasteiger partial charge in [0.2, 0.25) is 0 Å². The van der Waals surface area contributed by atoms with Gasteiger partial charge < -0.3 is 9.84 Å². The quantitative estimate of drug-likeness (QED) is 0.754. The summed E-state index contributed by atoms with van der Waals surface area (Å²) in [4.78, 5) is 4.16. The summed E-state index contributed by atoms with van der Waals surface area (Å²) in [6, 6.07) is 5.75. The molecule has 0 aliphatic carbocycles. The van der Waals surface area contributed by atoms with E-state index < -0.39 is 6.10 Å². The van der Waals surface area contributed by atoms with Crippen molar-refractivity contribution in [2.45, 2.75) is 31.1 Å². The second-order valence-corrected chi connectivity index (χ2v) is 4.56. The van der Waals surface area contributed by atoms with Crippen molar-refractivity contribution in [1.82, 2.24) is 4.98 Å². The minimum Gasteiger partial charge on any atom is -0.390 e. The minimum atomic E-state index is -0.431. The molecular formula is C11H17NO2S. The van der Waals surface area contributed by atoms with E-state index in [1.54, 1.807) is 6.20 Å². The summed E-state index contributed by atoms with van der Waals surface area (Å²) in [5.41, 5.74) is 0. The van der Waals surface area contributed by atoms with Gasteiger partial charge in [-0.25, -0.2) is 4.98 Å². The molecule has 0 aliphatic heterocycles. The number of aliphatic hydroxyl groups is 1. The van der Waals surface area contributed by atoms with Gasteiger partial charge in [-0.2, -0.15) is 0 Å². The average molecular weight is 227 g/mol. The summed E-state index contributed by atoms with van der Waals surface area (Å²) in [5.74, 6) is 0.615. The fourth-order valence-corrected chi connectivity index (χ4v) is 1.74. The minimum absolute atomic E-state index is 0.166. The van der Waals surface area contributed by atoms with Crippen LogP contribution in [-0.2, 0) is 4.74 Å². The van der Waals surface area contributed by atoms with E-state index in [-0.39, 0.29) is 6.10 Å². The summed E-state index contributed by atoms with van der Waals surface area (Å²) in [5, 5.41) is 10.5. The number of thioether (sulfide) groups is 1. The van der Waals surface area contributed by atoms with Crippen LogP contribution in [0.1, 0.15) is 13.8 Å². The summed E-state index contributed by atoms with van der Waals surface area (Å²) < 4.78 is 5.31. The first-order valence-corrected chi connectivity index (χ1v) is 6.00. The summed E-state index contributed by atoms with van der Waals surface area (Å²) in [7, 11) is 0. The third-order valence-corrected chi connectivity index (χ3v) is 2.77. The van der Waals surface area contributed by atoms with Crippen molar-refractivity contribution < 1.29 is 9.84 Å². The standard InChI is InChI=1S/C11H17NO2S/c1-9(2)14-7-10(13)8-15-11-5-3-4-6-12-11/h3-6,9-10,13H,7-8H2,1-2H3/t10-/m1/s1. The number of hydrogen-bond donors (Lipinski definition) is 1. The van der Waals surface area contributed by atoms with Crippen molar-refractivity contribution in [3.05, 3.63) is 24.4 Å². The van der Waals surface area contributed by atoms with Gasteiger partial charge in [-0.15, -0.1) is 11.8 Å². The summed E-state index contributed by atoms with van der Waals surface area (Å²) in [6.07, 6.45) is 1.48. The molecule has 0 saturated carbocycles. The van der Waals surface area contributed by atoms with Crippen LogP contribution in [0, 0.1) is 0 Å². The molecule has 1 aromatic heterocycles. The SMILES string of the molecule is CC(C)OC[C@@H](O)CSc1ccccn1. The predicted molar refractivity (Wildman–Crippen MR) is 62.1 cm³/mol. The highest BCUT2D eigenvalue weighted by molar-refractivity contribution is 7.99. The monoisotopic (exact) mass is 227 g/mol. The van der Waals surface area contributed by atoms with Crippen LogP contribution in [0.2, 0.25) is 0 Å². The largest absolute Gasteiger partial charge is 0.390 e. The number of pyridine rings is 1. The van der Waals surface area contributed by atoms with Crippen molar-refractivity contribution in [2.24, 2.45) is 0 Å². The lowest BCUT2D eigenvalue weighted by atomic mass is 10.4. The lowest BCUT2D eigenvalue weighted by Gasteiger charge is -2.12. The van der Waals surface area contributed by atoms with Gasteiger partial charge in [0.05, 0.1) is 23.8 Å². The second kappa shape index (κ2) is 6.82. The number of hydrogen-bond acceptors (Lipinski definition) is 4. The van der Waals surface area contributed by atoms with E-state index in [1.165, 1.54) is 11.8 Å². The van der Waals surface area contributed by atoms with Gasteiger partial charge in [-0.1, -0.05) is 6.07 Å². The fraction of sp³-hybridized carbons (Fsp3) is 0.545. The summed E-state index contributed by atoms with van der Waals surface area (Å²) in [6.45, 7) is 4.30. The first kappa shape index (κ1) is 12.5. The van der Waals surface area contributed by atoms with Crippen LogP contribution in [0.5, 0.6) is 0 Å². The topological polar surface area (TPSA) is 42.4 Å². The molecule has 0 amide bonds. The number of nitrogens with zero attached hydrogens (tertiary/aromatic N) is 1. The lowest BCUT2D eigenvalue weighted by Crippen LogP contribution is -2.20. The van der Waals surface area contributed by atoms with Crippen LogP contribution in [0.15, 0.2) is 29.4 Å². The zero-order valence-corrected chi connectivity index (χ0v) is 9.91. The van der Waals surface area contributed by atoms with Gasteiger partial charge in [-0.05, 0) is 26.0 Å². The molecule has 0 fully saturated rings. The third kappa shape index (κ3) is 5.77. The van der Waals surface area contributed by atoms with Gasteiger partial charge >= 0.3 is 0 Å². The summed E-state index contributed by atoms with van der Waals surface area (Å²) >= 11 is 1.54. The van der Waals surface area contributed by atoms with E-state index in [0.29, 0.717) is 12.4 Å². The van der Waals surface area contributed by atoms with Crippen LogP contribution in [0.4, 0.5) is 0 Å². The molecule has 84 valence electrons. The molecule has 1 atom stereocenters. The molecule has 0 bridgehead atoms. The molecule has 3 nitrogen and oxygen atoms in total. The Morgan fingerprint density at radius 2 is 2.27 bits per heavy atom. The molecule has 0 spiro atoms. The molecule has 1 rings (SSSR count). The van der Waals surface area contributed by atoms with Crippen molar-refractivity contribution >= 4 is 11.8 Å². The normalized spacial score (nSPS) is 13.1. The van der Waals surface area contributed by atoms with Crippen LogP contribution >= 0.6 is 11.8 Å². The maximum atomic E-state index is 9.59. The lowest BCUT2D eigenvalue weighted by molar-refractivity contribution is 0.0152. The van der Waals surface area contributed by atoms with Gasteiger partial charge in [0.25, 0.3) is 0 Å². The third-order valence-electron chi connectivity index (χ3n) is 1.68. The second-order valence-electron chi connectivity index (χ2n) is 3.51. The van der Waals surface area contributed by atoms with Gasteiger partial charge in [0.15, 0.2) is 0 Å². The molecule has 1 N–H and O–H groups in total. The van der Waals surface area contributed by atoms with Crippen LogP contribution in [0.25, 0.3) is 0 Å². The molecule has 0 unspecified atom stereocenters. The number of aliphatic hydroxyl groups excluding tert-OH is 1. The smallest absolute Gasteiger partial charge is 0.0960 e. The Morgan fingerprint density at radius 3 is 2.87 bits per heavy atom. The van der Waals surface area contributed by atoms with E-state index in [0.717, 1.165) is 5.03 Å². The van der Waals surface area contributed by atoms with E-state index in [9.17, 15) is 5.11 Å². The zero-order chi connectivity index (χ0) is 11.1. The van der Waals surface area contributed by atoms with E-state index >= 15 is 0 Å². The van der Waals surface area contributed by atoms with Crippen molar-refractivity contribution in [1.29, 1.82) is 0 Å². The van der Waals surface area contributed by atoms with Crippen molar-refractivity contribution in [2.75, 3.05) is 12.4 Å². The molecule has 0 aliphatic rings. The molecular weight excluding hydrogens is 210 g/mol.